The molecule has 2 aromatic carbocycles. The van der Waals surface area contributed by atoms with Gasteiger partial charge in [0.15, 0.2) is 0 Å². The Labute approximate surface area is 111 Å². The van der Waals surface area contributed by atoms with Gasteiger partial charge < -0.3 is 10.2 Å². The van der Waals surface area contributed by atoms with Crippen LogP contribution in [0, 0.1) is 13.8 Å². The van der Waals surface area contributed by atoms with E-state index in [0.29, 0.717) is 11.1 Å². The Morgan fingerprint density at radius 2 is 1.58 bits per heavy atom. The van der Waals surface area contributed by atoms with Crippen LogP contribution in [0.2, 0.25) is 0 Å². The number of benzene rings is 2. The van der Waals surface area contributed by atoms with Gasteiger partial charge in [0.25, 0.3) is 0 Å². The van der Waals surface area contributed by atoms with Crippen LogP contribution in [-0.2, 0) is 9.84 Å². The zero-order valence-electron chi connectivity index (χ0n) is 10.6. The monoisotopic (exact) mass is 278 g/mol. The summed E-state index contributed by atoms with van der Waals surface area (Å²) in [6, 6.07) is 8.91. The fourth-order valence-electron chi connectivity index (χ4n) is 2.05. The van der Waals surface area contributed by atoms with Gasteiger partial charge in [-0.2, -0.15) is 0 Å². The molecular formula is C14H14O4S. The zero-order valence-corrected chi connectivity index (χ0v) is 11.4. The molecule has 2 rings (SSSR count). The van der Waals surface area contributed by atoms with Gasteiger partial charge in [0.2, 0.25) is 9.84 Å². The van der Waals surface area contributed by atoms with E-state index in [2.05, 4.69) is 0 Å². The van der Waals surface area contributed by atoms with Crippen LogP contribution in [0.3, 0.4) is 0 Å². The summed E-state index contributed by atoms with van der Waals surface area (Å²) in [5, 5.41) is 19.2. The van der Waals surface area contributed by atoms with Crippen LogP contribution < -0.4 is 0 Å². The third kappa shape index (κ3) is 2.29. The summed E-state index contributed by atoms with van der Waals surface area (Å²) in [7, 11) is -3.81. The highest BCUT2D eigenvalue weighted by atomic mass is 32.2. The first-order valence-electron chi connectivity index (χ1n) is 5.67. The maximum atomic E-state index is 12.6. The molecule has 5 heteroatoms. The molecule has 0 spiro atoms. The topological polar surface area (TPSA) is 74.6 Å². The quantitative estimate of drug-likeness (QED) is 0.885. The van der Waals surface area contributed by atoms with E-state index in [-0.39, 0.29) is 15.5 Å². The molecule has 19 heavy (non-hydrogen) atoms. The standard InChI is InChI=1S/C14H14O4S/c1-9-5-3-4-6-13(9)19(17,18)14-10(2)7-11(15)8-12(14)16/h3-8,15-16H,1-2H3. The second-order valence-electron chi connectivity index (χ2n) is 4.38. The lowest BCUT2D eigenvalue weighted by Crippen LogP contribution is -2.06. The molecule has 0 amide bonds. The van der Waals surface area contributed by atoms with Crippen molar-refractivity contribution in [1.29, 1.82) is 0 Å². The van der Waals surface area contributed by atoms with Crippen molar-refractivity contribution >= 4 is 9.84 Å². The molecule has 0 aliphatic carbocycles. The van der Waals surface area contributed by atoms with Crippen LogP contribution >= 0.6 is 0 Å². The van der Waals surface area contributed by atoms with Gasteiger partial charge in [0.1, 0.15) is 16.4 Å². The van der Waals surface area contributed by atoms with E-state index in [4.69, 9.17) is 0 Å². The number of aromatic hydroxyl groups is 2. The van der Waals surface area contributed by atoms with Crippen molar-refractivity contribution < 1.29 is 18.6 Å². The van der Waals surface area contributed by atoms with E-state index in [1.165, 1.54) is 19.1 Å². The number of hydrogen-bond donors (Lipinski definition) is 2. The lowest BCUT2D eigenvalue weighted by Gasteiger charge is -2.12. The largest absolute Gasteiger partial charge is 0.508 e. The molecule has 0 radical (unpaired) electrons. The van der Waals surface area contributed by atoms with Crippen molar-refractivity contribution in [3.05, 3.63) is 47.5 Å². The van der Waals surface area contributed by atoms with E-state index in [9.17, 15) is 18.6 Å². The van der Waals surface area contributed by atoms with Gasteiger partial charge in [-0.15, -0.1) is 0 Å². The summed E-state index contributed by atoms with van der Waals surface area (Å²) in [6.45, 7) is 3.23. The van der Waals surface area contributed by atoms with E-state index >= 15 is 0 Å². The Morgan fingerprint density at radius 3 is 2.16 bits per heavy atom. The van der Waals surface area contributed by atoms with Crippen LogP contribution in [0.1, 0.15) is 11.1 Å². The van der Waals surface area contributed by atoms with Crippen molar-refractivity contribution in [2.75, 3.05) is 0 Å². The van der Waals surface area contributed by atoms with Gasteiger partial charge >= 0.3 is 0 Å². The van der Waals surface area contributed by atoms with Crippen molar-refractivity contribution in [1.82, 2.24) is 0 Å². The molecule has 0 heterocycles. The molecule has 0 aliphatic heterocycles. The third-order valence-electron chi connectivity index (χ3n) is 2.89. The van der Waals surface area contributed by atoms with Crippen LogP contribution in [-0.4, -0.2) is 18.6 Å². The third-order valence-corrected chi connectivity index (χ3v) is 5.00. The van der Waals surface area contributed by atoms with E-state index in [1.807, 2.05) is 0 Å². The Kier molecular flexibility index (Phi) is 3.24. The SMILES string of the molecule is Cc1ccccc1S(=O)(=O)c1c(C)cc(O)cc1O. The van der Waals surface area contributed by atoms with Crippen molar-refractivity contribution in [2.24, 2.45) is 0 Å². The first kappa shape index (κ1) is 13.4. The van der Waals surface area contributed by atoms with Crippen molar-refractivity contribution in [2.45, 2.75) is 23.6 Å². The summed E-state index contributed by atoms with van der Waals surface area (Å²) in [5.74, 6) is -0.612. The van der Waals surface area contributed by atoms with Gasteiger partial charge in [-0.25, -0.2) is 8.42 Å². The summed E-state index contributed by atoms with van der Waals surface area (Å²) in [5.41, 5.74) is 0.912. The molecule has 100 valence electrons. The van der Waals surface area contributed by atoms with Gasteiger partial charge in [-0.05, 0) is 37.1 Å². The normalized spacial score (nSPS) is 11.5. The number of aryl methyl sites for hydroxylation is 2. The van der Waals surface area contributed by atoms with Crippen molar-refractivity contribution in [3.63, 3.8) is 0 Å². The number of sulfone groups is 1. The minimum absolute atomic E-state index is 0.152. The molecule has 0 atom stereocenters. The van der Waals surface area contributed by atoms with Gasteiger partial charge in [0, 0.05) is 6.07 Å². The number of phenols is 2. The van der Waals surface area contributed by atoms with Gasteiger partial charge in [-0.3, -0.25) is 0 Å². The molecular weight excluding hydrogens is 264 g/mol. The van der Waals surface area contributed by atoms with Crippen LogP contribution in [0.5, 0.6) is 11.5 Å². The minimum atomic E-state index is -3.81. The molecule has 4 nitrogen and oxygen atoms in total. The molecule has 0 saturated carbocycles. The average molecular weight is 278 g/mol. The first-order chi connectivity index (χ1) is 8.84. The second kappa shape index (κ2) is 4.59. The van der Waals surface area contributed by atoms with Crippen LogP contribution in [0.4, 0.5) is 0 Å². The number of phenolic OH excluding ortho intramolecular Hbond substituents is 2. The highest BCUT2D eigenvalue weighted by Crippen LogP contribution is 2.35. The smallest absolute Gasteiger partial charge is 0.210 e. The Balaban J connectivity index is 2.75. The number of hydrogen-bond acceptors (Lipinski definition) is 4. The molecule has 0 unspecified atom stereocenters. The molecule has 0 bridgehead atoms. The summed E-state index contributed by atoms with van der Waals surface area (Å²) in [4.78, 5) is -0.0151. The fraction of sp³-hybridized carbons (Fsp3) is 0.143. The Bertz CT molecular complexity index is 710. The number of rotatable bonds is 2. The zero-order chi connectivity index (χ0) is 14.2. The lowest BCUT2D eigenvalue weighted by atomic mass is 10.2. The van der Waals surface area contributed by atoms with E-state index < -0.39 is 15.6 Å². The maximum absolute atomic E-state index is 12.6. The maximum Gasteiger partial charge on any atom is 0.210 e. The summed E-state index contributed by atoms with van der Waals surface area (Å²) < 4.78 is 25.1. The lowest BCUT2D eigenvalue weighted by molar-refractivity contribution is 0.438. The van der Waals surface area contributed by atoms with Gasteiger partial charge in [0.05, 0.1) is 4.90 Å². The Hall–Kier alpha value is -2.01. The first-order valence-corrected chi connectivity index (χ1v) is 7.15. The minimum Gasteiger partial charge on any atom is -0.508 e. The molecule has 2 N–H and O–H groups in total. The molecule has 0 aliphatic rings. The molecule has 0 saturated heterocycles. The van der Waals surface area contributed by atoms with E-state index in [1.54, 1.807) is 25.1 Å². The molecule has 0 fully saturated rings. The highest BCUT2D eigenvalue weighted by molar-refractivity contribution is 7.91. The van der Waals surface area contributed by atoms with Crippen molar-refractivity contribution in [3.8, 4) is 11.5 Å². The van der Waals surface area contributed by atoms with E-state index in [0.717, 1.165) is 6.07 Å². The van der Waals surface area contributed by atoms with Crippen LogP contribution in [0.25, 0.3) is 0 Å². The predicted octanol–water partition coefficient (Wildman–Crippen LogP) is 2.55. The second-order valence-corrected chi connectivity index (χ2v) is 6.23. The van der Waals surface area contributed by atoms with Gasteiger partial charge in [-0.1, -0.05) is 18.2 Å². The molecule has 0 aromatic heterocycles. The highest BCUT2D eigenvalue weighted by Gasteiger charge is 2.25. The summed E-state index contributed by atoms with van der Waals surface area (Å²) in [6.07, 6.45) is 0. The molecule has 2 aromatic rings. The predicted molar refractivity (Wildman–Crippen MR) is 71.1 cm³/mol. The average Bonchev–Trinajstić information content (AvgIpc) is 2.27. The summed E-state index contributed by atoms with van der Waals surface area (Å²) >= 11 is 0. The van der Waals surface area contributed by atoms with Crippen LogP contribution in [0.15, 0.2) is 46.2 Å². The fourth-order valence-corrected chi connectivity index (χ4v) is 3.84. The Morgan fingerprint density at radius 1 is 0.947 bits per heavy atom.